The highest BCUT2D eigenvalue weighted by atomic mass is 32.2. The zero-order valence-corrected chi connectivity index (χ0v) is 13.3. The van der Waals surface area contributed by atoms with Crippen LogP contribution < -0.4 is 10.5 Å². The zero-order valence-electron chi connectivity index (χ0n) is 12.5. The average molecular weight is 348 g/mol. The predicted molar refractivity (Wildman–Crippen MR) is 78.3 cm³/mol. The van der Waals surface area contributed by atoms with Crippen LogP contribution in [-0.4, -0.2) is 37.8 Å². The fraction of sp³-hybridized carbons (Fsp3) is 0.500. The van der Waals surface area contributed by atoms with E-state index in [1.54, 1.807) is 6.92 Å². The third-order valence-electron chi connectivity index (χ3n) is 3.88. The highest BCUT2D eigenvalue weighted by Gasteiger charge is 2.38. The van der Waals surface area contributed by atoms with Gasteiger partial charge in [0.15, 0.2) is 0 Å². The molecule has 0 aliphatic carbocycles. The second-order valence-corrected chi connectivity index (χ2v) is 7.28. The van der Waals surface area contributed by atoms with Gasteiger partial charge in [-0.1, -0.05) is 12.1 Å². The number of amides is 1. The molecule has 0 radical (unpaired) electrons. The highest BCUT2D eigenvalue weighted by Crippen LogP contribution is 2.32. The van der Waals surface area contributed by atoms with Crippen molar-refractivity contribution in [3.05, 3.63) is 24.3 Å². The van der Waals surface area contributed by atoms with Gasteiger partial charge in [-0.25, -0.2) is 8.42 Å². The molecule has 1 heterocycles. The van der Waals surface area contributed by atoms with E-state index in [1.165, 1.54) is 24.3 Å². The summed E-state index contributed by atoms with van der Waals surface area (Å²) in [6.07, 6.45) is 0.961. The number of hydrogen-bond donors (Lipinski definition) is 1. The number of nitrogens with two attached hydrogens (primary N) is 1. The van der Waals surface area contributed by atoms with Gasteiger partial charge in [0.1, 0.15) is 10.6 Å². The minimum atomic E-state index is -4.09. The van der Waals surface area contributed by atoms with Gasteiger partial charge in [0, 0.05) is 12.6 Å². The van der Waals surface area contributed by atoms with E-state index >= 15 is 0 Å². The van der Waals surface area contributed by atoms with E-state index in [9.17, 15) is 22.0 Å². The van der Waals surface area contributed by atoms with Crippen LogP contribution in [0.3, 0.4) is 0 Å². The molecule has 23 heavy (non-hydrogen) atoms. The largest absolute Gasteiger partial charge is 0.433 e. The molecule has 1 amide bonds. The lowest BCUT2D eigenvalue weighted by Gasteiger charge is -2.36. The third kappa shape index (κ3) is 3.78. The molecule has 1 aliphatic heterocycles. The third-order valence-corrected chi connectivity index (χ3v) is 5.90. The van der Waals surface area contributed by atoms with Crippen LogP contribution in [0.2, 0.25) is 0 Å². The van der Waals surface area contributed by atoms with E-state index in [2.05, 4.69) is 4.74 Å². The molecule has 9 heteroatoms. The summed E-state index contributed by atoms with van der Waals surface area (Å²) in [6.45, 7) is -1.50. The molecule has 128 valence electrons. The first-order chi connectivity index (χ1) is 10.7. The number of primary amides is 1. The molecule has 0 spiro atoms. The average Bonchev–Trinajstić information content (AvgIpc) is 2.47. The van der Waals surface area contributed by atoms with Gasteiger partial charge in [-0.2, -0.15) is 13.1 Å². The first-order valence-corrected chi connectivity index (χ1v) is 8.52. The van der Waals surface area contributed by atoms with E-state index in [1.807, 2.05) is 0 Å². The van der Waals surface area contributed by atoms with Gasteiger partial charge in [-0.05, 0) is 31.9 Å². The van der Waals surface area contributed by atoms with E-state index in [0.717, 1.165) is 4.31 Å². The number of ether oxygens (including phenoxy) is 1. The van der Waals surface area contributed by atoms with Crippen molar-refractivity contribution in [2.45, 2.75) is 37.3 Å². The van der Waals surface area contributed by atoms with Gasteiger partial charge in [0.25, 0.3) is 0 Å². The molecule has 0 bridgehead atoms. The Bertz CT molecular complexity index is 681. The van der Waals surface area contributed by atoms with Crippen LogP contribution in [0.5, 0.6) is 5.75 Å². The van der Waals surface area contributed by atoms with Crippen molar-refractivity contribution in [2.75, 3.05) is 6.54 Å². The Hall–Kier alpha value is -1.74. The van der Waals surface area contributed by atoms with Crippen molar-refractivity contribution in [1.29, 1.82) is 0 Å². The van der Waals surface area contributed by atoms with Gasteiger partial charge in [-0.3, -0.25) is 4.79 Å². The van der Waals surface area contributed by atoms with Crippen LogP contribution in [0.15, 0.2) is 29.2 Å². The second kappa shape index (κ2) is 6.79. The van der Waals surface area contributed by atoms with Crippen molar-refractivity contribution < 1.29 is 26.7 Å². The lowest BCUT2D eigenvalue weighted by Crippen LogP contribution is -2.48. The van der Waals surface area contributed by atoms with E-state index in [0.29, 0.717) is 12.8 Å². The van der Waals surface area contributed by atoms with Crippen molar-refractivity contribution in [3.63, 3.8) is 0 Å². The van der Waals surface area contributed by atoms with E-state index in [-0.39, 0.29) is 17.5 Å². The monoisotopic (exact) mass is 348 g/mol. The van der Waals surface area contributed by atoms with Gasteiger partial charge >= 0.3 is 6.61 Å². The molecule has 1 aromatic rings. The molecule has 2 N–H and O–H groups in total. The summed E-state index contributed by atoms with van der Waals surface area (Å²) in [5.74, 6) is -1.59. The summed E-state index contributed by atoms with van der Waals surface area (Å²) in [4.78, 5) is 11.0. The molecule has 0 aromatic heterocycles. The maximum Gasteiger partial charge on any atom is 0.387 e. The van der Waals surface area contributed by atoms with Gasteiger partial charge < -0.3 is 10.5 Å². The van der Waals surface area contributed by atoms with Crippen molar-refractivity contribution in [2.24, 2.45) is 11.7 Å². The van der Waals surface area contributed by atoms with Crippen LogP contribution in [-0.2, 0) is 14.8 Å². The maximum atomic E-state index is 12.8. The molecule has 0 saturated carbocycles. The fourth-order valence-electron chi connectivity index (χ4n) is 2.63. The lowest BCUT2D eigenvalue weighted by atomic mass is 9.95. The number of sulfonamides is 1. The molecule has 0 unspecified atom stereocenters. The zero-order chi connectivity index (χ0) is 17.2. The summed E-state index contributed by atoms with van der Waals surface area (Å²) >= 11 is 0. The highest BCUT2D eigenvalue weighted by molar-refractivity contribution is 7.89. The van der Waals surface area contributed by atoms with Crippen LogP contribution >= 0.6 is 0 Å². The number of benzene rings is 1. The Morgan fingerprint density at radius 1 is 1.35 bits per heavy atom. The SMILES string of the molecule is C[C@@H]1CC[C@H](C(N)=O)CN1S(=O)(=O)c1ccccc1OC(F)F. The van der Waals surface area contributed by atoms with E-state index < -0.39 is 34.2 Å². The number of carbonyl (C=O) groups is 1. The lowest BCUT2D eigenvalue weighted by molar-refractivity contribution is -0.123. The van der Waals surface area contributed by atoms with Crippen molar-refractivity contribution in [3.8, 4) is 5.75 Å². The first-order valence-electron chi connectivity index (χ1n) is 7.08. The second-order valence-electron chi connectivity index (χ2n) is 5.43. The fourth-order valence-corrected chi connectivity index (χ4v) is 4.45. The van der Waals surface area contributed by atoms with Gasteiger partial charge in [0.2, 0.25) is 15.9 Å². The molecule has 2 rings (SSSR count). The molecule has 6 nitrogen and oxygen atoms in total. The number of piperidine rings is 1. The standard InChI is InChI=1S/C14H18F2N2O4S/c1-9-6-7-10(13(17)19)8-18(9)23(20,21)12-5-3-2-4-11(12)22-14(15)16/h2-5,9-10,14H,6-8H2,1H3,(H2,17,19)/t9-,10+/m1/s1. The number of hydrogen-bond acceptors (Lipinski definition) is 4. The maximum absolute atomic E-state index is 12.8. The quantitative estimate of drug-likeness (QED) is 0.874. The van der Waals surface area contributed by atoms with Gasteiger partial charge in [-0.15, -0.1) is 0 Å². The summed E-state index contributed by atoms with van der Waals surface area (Å²) in [5.41, 5.74) is 5.27. The predicted octanol–water partition coefficient (Wildman–Crippen LogP) is 1.56. The topological polar surface area (TPSA) is 89.7 Å². The summed E-state index contributed by atoms with van der Waals surface area (Å²) in [5, 5.41) is 0. The molecule has 1 aromatic carbocycles. The summed E-state index contributed by atoms with van der Waals surface area (Å²) < 4.78 is 56.0. The van der Waals surface area contributed by atoms with Crippen LogP contribution in [0.25, 0.3) is 0 Å². The minimum Gasteiger partial charge on any atom is -0.433 e. The van der Waals surface area contributed by atoms with E-state index in [4.69, 9.17) is 5.73 Å². The molecule has 2 atom stereocenters. The summed E-state index contributed by atoms with van der Waals surface area (Å²) in [7, 11) is -4.09. The van der Waals surface area contributed by atoms with Crippen molar-refractivity contribution in [1.82, 2.24) is 4.31 Å². The Labute approximate surface area is 133 Å². The summed E-state index contributed by atoms with van der Waals surface area (Å²) in [6, 6.07) is 4.83. The number of rotatable bonds is 5. The smallest absolute Gasteiger partial charge is 0.387 e. The number of para-hydroxylation sites is 1. The number of nitrogens with zero attached hydrogens (tertiary/aromatic N) is 1. The Balaban J connectivity index is 2.39. The molecular formula is C14H18F2N2O4S. The molecule has 1 aliphatic rings. The molecule has 1 fully saturated rings. The Morgan fingerprint density at radius 3 is 2.61 bits per heavy atom. The molecule has 1 saturated heterocycles. The first kappa shape index (κ1) is 17.6. The van der Waals surface area contributed by atoms with Crippen LogP contribution in [0.1, 0.15) is 19.8 Å². The number of alkyl halides is 2. The Kier molecular flexibility index (Phi) is 5.20. The van der Waals surface area contributed by atoms with Crippen LogP contribution in [0, 0.1) is 5.92 Å². The Morgan fingerprint density at radius 2 is 2.00 bits per heavy atom. The molecular weight excluding hydrogens is 330 g/mol. The van der Waals surface area contributed by atoms with Crippen molar-refractivity contribution >= 4 is 15.9 Å². The van der Waals surface area contributed by atoms with Gasteiger partial charge in [0.05, 0.1) is 5.92 Å². The number of carbonyl (C=O) groups excluding carboxylic acids is 1. The normalized spacial score (nSPS) is 23.0. The minimum absolute atomic E-state index is 0.0676. The van der Waals surface area contributed by atoms with Crippen LogP contribution in [0.4, 0.5) is 8.78 Å². The number of halogens is 2.